The summed E-state index contributed by atoms with van der Waals surface area (Å²) in [6.07, 6.45) is 0. The zero-order chi connectivity index (χ0) is 15.4. The summed E-state index contributed by atoms with van der Waals surface area (Å²) in [4.78, 5) is 8.43. The topological polar surface area (TPSA) is 85.1 Å². The van der Waals surface area contributed by atoms with Gasteiger partial charge >= 0.3 is 0 Å². The summed E-state index contributed by atoms with van der Waals surface area (Å²) in [5.74, 6) is 6.42. The third-order valence-corrected chi connectivity index (χ3v) is 3.33. The van der Waals surface area contributed by atoms with Gasteiger partial charge in [0.25, 0.3) is 0 Å². The molecule has 1 aromatic carbocycles. The lowest BCUT2D eigenvalue weighted by atomic mass is 10.2. The molecule has 0 amide bonds. The molecular formula is C13H15BrFN5O. The summed E-state index contributed by atoms with van der Waals surface area (Å²) in [5.41, 5.74) is 3.94. The van der Waals surface area contributed by atoms with Crippen molar-refractivity contribution in [2.24, 2.45) is 5.84 Å². The highest BCUT2D eigenvalue weighted by atomic mass is 79.9. The quantitative estimate of drug-likeness (QED) is 0.564. The van der Waals surface area contributed by atoms with E-state index in [0.29, 0.717) is 27.6 Å². The molecule has 0 aliphatic rings. The molecule has 112 valence electrons. The molecule has 4 N–H and O–H groups in total. The van der Waals surface area contributed by atoms with Crippen molar-refractivity contribution in [1.82, 2.24) is 9.97 Å². The molecule has 21 heavy (non-hydrogen) atoms. The predicted octanol–water partition coefficient (Wildman–Crippen LogP) is 2.86. The summed E-state index contributed by atoms with van der Waals surface area (Å²) in [5, 5.41) is 3.05. The Morgan fingerprint density at radius 2 is 2.00 bits per heavy atom. The highest BCUT2D eigenvalue weighted by Gasteiger charge is 2.08. The summed E-state index contributed by atoms with van der Waals surface area (Å²) >= 11 is 3.15. The second kappa shape index (κ2) is 6.79. The molecule has 0 saturated carbocycles. The maximum absolute atomic E-state index is 13.6. The number of nitrogens with one attached hydrogen (secondary N) is 2. The Kier molecular flexibility index (Phi) is 5.05. The Bertz CT molecular complexity index is 653. The molecule has 1 heterocycles. The number of hydrazine groups is 1. The number of rotatable bonds is 5. The summed E-state index contributed by atoms with van der Waals surface area (Å²) < 4.78 is 19.1. The molecule has 0 unspecified atom stereocenters. The van der Waals surface area contributed by atoms with Gasteiger partial charge in [0.2, 0.25) is 0 Å². The maximum Gasteiger partial charge on any atom is 0.158 e. The molecule has 0 aliphatic heterocycles. The number of hydrogen-bond acceptors (Lipinski definition) is 6. The number of nitrogens with two attached hydrogens (primary N) is 1. The van der Waals surface area contributed by atoms with E-state index in [-0.39, 0.29) is 12.4 Å². The molecule has 2 rings (SSSR count). The molecule has 0 radical (unpaired) electrons. The van der Waals surface area contributed by atoms with Crippen LogP contribution in [0.4, 0.5) is 21.7 Å². The lowest BCUT2D eigenvalue weighted by molar-refractivity contribution is 0.178. The second-order valence-corrected chi connectivity index (χ2v) is 5.19. The second-order valence-electron chi connectivity index (χ2n) is 4.34. The molecule has 2 aromatic rings. The van der Waals surface area contributed by atoms with Crippen molar-refractivity contribution in [3.05, 3.63) is 39.9 Å². The van der Waals surface area contributed by atoms with Gasteiger partial charge in [0.05, 0.1) is 4.47 Å². The van der Waals surface area contributed by atoms with E-state index in [4.69, 9.17) is 10.6 Å². The third kappa shape index (κ3) is 3.87. The summed E-state index contributed by atoms with van der Waals surface area (Å²) in [6, 6.07) is 4.71. The van der Waals surface area contributed by atoms with Gasteiger partial charge in [-0.15, -0.1) is 0 Å². The summed E-state index contributed by atoms with van der Waals surface area (Å²) in [7, 11) is 1.55. The molecule has 0 saturated heterocycles. The molecule has 0 bridgehead atoms. The highest BCUT2D eigenvalue weighted by Crippen LogP contribution is 2.26. The Hall–Kier alpha value is -1.77. The van der Waals surface area contributed by atoms with E-state index >= 15 is 0 Å². The monoisotopic (exact) mass is 355 g/mol. The molecule has 8 heteroatoms. The molecule has 1 aromatic heterocycles. The molecular weight excluding hydrogens is 341 g/mol. The fourth-order valence-corrected chi connectivity index (χ4v) is 2.21. The fraction of sp³-hybridized carbons (Fsp3) is 0.231. The molecule has 0 spiro atoms. The smallest absolute Gasteiger partial charge is 0.158 e. The van der Waals surface area contributed by atoms with Gasteiger partial charge in [-0.25, -0.2) is 20.2 Å². The lowest BCUT2D eigenvalue weighted by Gasteiger charge is -2.12. The number of aryl methyl sites for hydroxylation is 1. The number of halogens is 2. The van der Waals surface area contributed by atoms with Crippen LogP contribution in [-0.2, 0) is 11.3 Å². The van der Waals surface area contributed by atoms with Crippen LogP contribution in [0.5, 0.6) is 0 Å². The highest BCUT2D eigenvalue weighted by molar-refractivity contribution is 9.10. The number of aromatic nitrogens is 2. The SMILES string of the molecule is COCc1nc(NN)cc(Nc2cc(F)c(Br)cc2C)n1. The van der Waals surface area contributed by atoms with Crippen LogP contribution in [0.25, 0.3) is 0 Å². The number of nitrogen functional groups attached to an aromatic ring is 1. The van der Waals surface area contributed by atoms with Gasteiger partial charge in [0, 0.05) is 18.9 Å². The lowest BCUT2D eigenvalue weighted by Crippen LogP contribution is -2.12. The van der Waals surface area contributed by atoms with E-state index in [1.807, 2.05) is 6.92 Å². The Morgan fingerprint density at radius 3 is 2.67 bits per heavy atom. The average Bonchev–Trinajstić information content (AvgIpc) is 2.45. The van der Waals surface area contributed by atoms with Crippen molar-refractivity contribution in [2.45, 2.75) is 13.5 Å². The molecule has 6 nitrogen and oxygen atoms in total. The molecule has 0 atom stereocenters. The van der Waals surface area contributed by atoms with Crippen molar-refractivity contribution in [1.29, 1.82) is 0 Å². The first kappa shape index (κ1) is 15.6. The molecule has 0 aliphatic carbocycles. The van der Waals surface area contributed by atoms with E-state index in [2.05, 4.69) is 36.6 Å². The largest absolute Gasteiger partial charge is 0.377 e. The van der Waals surface area contributed by atoms with Crippen LogP contribution in [-0.4, -0.2) is 17.1 Å². The number of methoxy groups -OCH3 is 1. The minimum atomic E-state index is -0.355. The van der Waals surface area contributed by atoms with Crippen LogP contribution in [0.15, 0.2) is 22.7 Å². The zero-order valence-electron chi connectivity index (χ0n) is 11.6. The van der Waals surface area contributed by atoms with Gasteiger partial charge in [-0.3, -0.25) is 0 Å². The van der Waals surface area contributed by atoms with Gasteiger partial charge in [0.15, 0.2) is 5.82 Å². The van der Waals surface area contributed by atoms with Crippen molar-refractivity contribution < 1.29 is 9.13 Å². The fourth-order valence-electron chi connectivity index (χ4n) is 1.75. The van der Waals surface area contributed by atoms with Gasteiger partial charge in [-0.2, -0.15) is 0 Å². The van der Waals surface area contributed by atoms with Crippen LogP contribution >= 0.6 is 15.9 Å². The van der Waals surface area contributed by atoms with E-state index in [0.717, 1.165) is 5.56 Å². The number of nitrogens with zero attached hydrogens (tertiary/aromatic N) is 2. The normalized spacial score (nSPS) is 10.5. The van der Waals surface area contributed by atoms with Gasteiger partial charge in [-0.1, -0.05) is 0 Å². The number of hydrogen-bond donors (Lipinski definition) is 3. The number of ether oxygens (including phenoxy) is 1. The van der Waals surface area contributed by atoms with Gasteiger partial charge in [0.1, 0.15) is 24.1 Å². The van der Waals surface area contributed by atoms with Crippen molar-refractivity contribution in [2.75, 3.05) is 17.9 Å². The first-order valence-electron chi connectivity index (χ1n) is 6.09. The van der Waals surface area contributed by atoms with Crippen LogP contribution in [0.1, 0.15) is 11.4 Å². The van der Waals surface area contributed by atoms with Crippen molar-refractivity contribution in [3.8, 4) is 0 Å². The van der Waals surface area contributed by atoms with Gasteiger partial charge in [-0.05, 0) is 40.5 Å². The predicted molar refractivity (Wildman–Crippen MR) is 82.7 cm³/mol. The minimum Gasteiger partial charge on any atom is -0.377 e. The van der Waals surface area contributed by atoms with Crippen LogP contribution < -0.4 is 16.6 Å². The van der Waals surface area contributed by atoms with E-state index < -0.39 is 0 Å². The van der Waals surface area contributed by atoms with Crippen molar-refractivity contribution in [3.63, 3.8) is 0 Å². The molecule has 0 fully saturated rings. The Balaban J connectivity index is 2.34. The Morgan fingerprint density at radius 1 is 1.29 bits per heavy atom. The minimum absolute atomic E-state index is 0.248. The Labute approximate surface area is 130 Å². The van der Waals surface area contributed by atoms with Crippen LogP contribution in [0.3, 0.4) is 0 Å². The standard InChI is InChI=1S/C13H15BrFN5O/c1-7-3-8(14)9(15)4-10(7)17-11-5-12(20-16)19-13(18-11)6-21-2/h3-5H,6,16H2,1-2H3,(H2,17,18,19,20). The first-order chi connectivity index (χ1) is 10.0. The van der Waals surface area contributed by atoms with Crippen LogP contribution in [0.2, 0.25) is 0 Å². The van der Waals surface area contributed by atoms with Crippen molar-refractivity contribution >= 4 is 33.3 Å². The van der Waals surface area contributed by atoms with E-state index in [1.165, 1.54) is 6.07 Å². The number of benzene rings is 1. The van der Waals surface area contributed by atoms with E-state index in [9.17, 15) is 4.39 Å². The third-order valence-electron chi connectivity index (χ3n) is 2.72. The van der Waals surface area contributed by atoms with E-state index in [1.54, 1.807) is 19.2 Å². The maximum atomic E-state index is 13.6. The number of anilines is 3. The first-order valence-corrected chi connectivity index (χ1v) is 6.89. The average molecular weight is 356 g/mol. The zero-order valence-corrected chi connectivity index (χ0v) is 13.2. The summed E-state index contributed by atoms with van der Waals surface area (Å²) in [6.45, 7) is 2.11. The van der Waals surface area contributed by atoms with Gasteiger partial charge < -0.3 is 15.5 Å². The van der Waals surface area contributed by atoms with Crippen LogP contribution in [0, 0.1) is 12.7 Å².